The zero-order chi connectivity index (χ0) is 24.8. The Morgan fingerprint density at radius 2 is 1.69 bits per heavy atom. The molecule has 1 saturated carbocycles. The molecule has 0 radical (unpaired) electrons. The Morgan fingerprint density at radius 3 is 2.43 bits per heavy atom. The molecule has 4 rings (SSSR count). The second-order valence-corrected chi connectivity index (χ2v) is 8.50. The Morgan fingerprint density at radius 1 is 0.971 bits per heavy atom. The predicted molar refractivity (Wildman–Crippen MR) is 127 cm³/mol. The van der Waals surface area contributed by atoms with E-state index < -0.39 is 11.7 Å². The summed E-state index contributed by atoms with van der Waals surface area (Å²) >= 11 is 0. The quantitative estimate of drug-likeness (QED) is 0.443. The van der Waals surface area contributed by atoms with Crippen molar-refractivity contribution in [1.82, 2.24) is 20.3 Å². The molecule has 2 atom stereocenters. The molecule has 0 bridgehead atoms. The Hall–Kier alpha value is -3.69. The van der Waals surface area contributed by atoms with Gasteiger partial charge < -0.3 is 16.0 Å². The van der Waals surface area contributed by atoms with E-state index in [-0.39, 0.29) is 30.0 Å². The molecule has 2 aromatic carbocycles. The van der Waals surface area contributed by atoms with Gasteiger partial charge in [0, 0.05) is 31.1 Å². The molecular formula is C25H27F3N6O. The molecule has 184 valence electrons. The van der Waals surface area contributed by atoms with Crippen LogP contribution in [-0.2, 0) is 17.5 Å². The number of rotatable bonds is 7. The fraction of sp³-hybridized carbons (Fsp3) is 0.360. The Balaban J connectivity index is 1.40. The summed E-state index contributed by atoms with van der Waals surface area (Å²) < 4.78 is 39.7. The van der Waals surface area contributed by atoms with Gasteiger partial charge in [0.05, 0.1) is 5.56 Å². The molecular weight excluding hydrogens is 457 g/mol. The number of nitrogens with one attached hydrogen (secondary N) is 3. The van der Waals surface area contributed by atoms with Gasteiger partial charge in [0.15, 0.2) is 5.82 Å². The first kappa shape index (κ1) is 24.4. The van der Waals surface area contributed by atoms with Crippen molar-refractivity contribution in [2.24, 2.45) is 5.92 Å². The number of anilines is 2. The van der Waals surface area contributed by atoms with Crippen LogP contribution in [0, 0.1) is 5.92 Å². The SMILES string of the molecule is CNc1nc(NC2CCC[C@H](C(=O)NCc3ccccc3C(F)(F)F)C2)nc(-c2ccccc2)n1. The van der Waals surface area contributed by atoms with E-state index in [1.165, 1.54) is 18.2 Å². The fourth-order valence-electron chi connectivity index (χ4n) is 4.29. The number of aromatic nitrogens is 3. The maximum absolute atomic E-state index is 13.2. The van der Waals surface area contributed by atoms with E-state index in [0.29, 0.717) is 30.6 Å². The van der Waals surface area contributed by atoms with Crippen molar-refractivity contribution in [3.8, 4) is 11.4 Å². The first-order valence-corrected chi connectivity index (χ1v) is 11.5. The second kappa shape index (κ2) is 10.7. The average Bonchev–Trinajstić information content (AvgIpc) is 2.87. The summed E-state index contributed by atoms with van der Waals surface area (Å²) in [5, 5.41) is 8.96. The van der Waals surface area contributed by atoms with E-state index in [2.05, 4.69) is 30.9 Å². The van der Waals surface area contributed by atoms with Crippen molar-refractivity contribution in [2.75, 3.05) is 17.7 Å². The molecule has 7 nitrogen and oxygen atoms in total. The highest BCUT2D eigenvalue weighted by atomic mass is 19.4. The molecule has 0 spiro atoms. The lowest BCUT2D eigenvalue weighted by atomic mass is 9.85. The molecule has 3 aromatic rings. The third-order valence-electron chi connectivity index (χ3n) is 6.05. The summed E-state index contributed by atoms with van der Waals surface area (Å²) in [6.45, 7) is -0.164. The Bertz CT molecular complexity index is 1160. The molecule has 35 heavy (non-hydrogen) atoms. The van der Waals surface area contributed by atoms with E-state index in [9.17, 15) is 18.0 Å². The largest absolute Gasteiger partial charge is 0.416 e. The third kappa shape index (κ3) is 6.26. The van der Waals surface area contributed by atoms with Crippen molar-refractivity contribution in [3.63, 3.8) is 0 Å². The molecule has 1 aliphatic rings. The van der Waals surface area contributed by atoms with Gasteiger partial charge in [-0.05, 0) is 30.9 Å². The maximum Gasteiger partial charge on any atom is 0.416 e. The van der Waals surface area contributed by atoms with Crippen LogP contribution >= 0.6 is 0 Å². The van der Waals surface area contributed by atoms with Gasteiger partial charge >= 0.3 is 6.18 Å². The fourth-order valence-corrected chi connectivity index (χ4v) is 4.29. The maximum atomic E-state index is 13.2. The lowest BCUT2D eigenvalue weighted by Crippen LogP contribution is -2.37. The molecule has 1 aromatic heterocycles. The predicted octanol–water partition coefficient (Wildman–Crippen LogP) is 4.89. The van der Waals surface area contributed by atoms with Crippen LogP contribution in [0.4, 0.5) is 25.1 Å². The monoisotopic (exact) mass is 484 g/mol. The summed E-state index contributed by atoms with van der Waals surface area (Å²) in [6.07, 6.45) is -1.60. The number of carbonyl (C=O) groups excluding carboxylic acids is 1. The first-order chi connectivity index (χ1) is 16.8. The second-order valence-electron chi connectivity index (χ2n) is 8.50. The number of benzene rings is 2. The number of alkyl halides is 3. The molecule has 0 saturated heterocycles. The van der Waals surface area contributed by atoms with Crippen molar-refractivity contribution in [2.45, 2.75) is 44.4 Å². The minimum atomic E-state index is -4.46. The molecule has 1 unspecified atom stereocenters. The number of amides is 1. The van der Waals surface area contributed by atoms with Gasteiger partial charge in [0.1, 0.15) is 0 Å². The normalized spacial score (nSPS) is 18.1. The zero-order valence-corrected chi connectivity index (χ0v) is 19.3. The van der Waals surface area contributed by atoms with Crippen LogP contribution in [0.3, 0.4) is 0 Å². The zero-order valence-electron chi connectivity index (χ0n) is 19.3. The van der Waals surface area contributed by atoms with Crippen molar-refractivity contribution < 1.29 is 18.0 Å². The molecule has 0 aliphatic heterocycles. The van der Waals surface area contributed by atoms with Crippen LogP contribution < -0.4 is 16.0 Å². The number of halogens is 3. The van der Waals surface area contributed by atoms with Gasteiger partial charge in [0.25, 0.3) is 0 Å². The lowest BCUT2D eigenvalue weighted by Gasteiger charge is -2.29. The lowest BCUT2D eigenvalue weighted by molar-refractivity contribution is -0.138. The molecule has 10 heteroatoms. The van der Waals surface area contributed by atoms with Crippen molar-refractivity contribution >= 4 is 17.8 Å². The van der Waals surface area contributed by atoms with Gasteiger partial charge in [-0.25, -0.2) is 0 Å². The van der Waals surface area contributed by atoms with Crippen LogP contribution in [0.25, 0.3) is 11.4 Å². The highest BCUT2D eigenvalue weighted by molar-refractivity contribution is 5.78. The average molecular weight is 485 g/mol. The molecule has 1 amide bonds. The first-order valence-electron chi connectivity index (χ1n) is 11.5. The van der Waals surface area contributed by atoms with E-state index in [1.54, 1.807) is 7.05 Å². The number of nitrogens with zero attached hydrogens (tertiary/aromatic N) is 3. The van der Waals surface area contributed by atoms with E-state index in [1.807, 2.05) is 30.3 Å². The smallest absolute Gasteiger partial charge is 0.357 e. The van der Waals surface area contributed by atoms with Gasteiger partial charge in [-0.2, -0.15) is 28.1 Å². The Labute approximate surface area is 201 Å². The van der Waals surface area contributed by atoms with Gasteiger partial charge in [-0.1, -0.05) is 55.0 Å². The van der Waals surface area contributed by atoms with Crippen LogP contribution in [0.1, 0.15) is 36.8 Å². The van der Waals surface area contributed by atoms with Crippen LogP contribution in [-0.4, -0.2) is 33.9 Å². The third-order valence-corrected chi connectivity index (χ3v) is 6.05. The summed E-state index contributed by atoms with van der Waals surface area (Å²) in [6, 6.07) is 14.8. The van der Waals surface area contributed by atoms with Gasteiger partial charge in [0.2, 0.25) is 17.8 Å². The minimum Gasteiger partial charge on any atom is -0.357 e. The van der Waals surface area contributed by atoms with Crippen molar-refractivity contribution in [1.29, 1.82) is 0 Å². The van der Waals surface area contributed by atoms with Gasteiger partial charge in [-0.15, -0.1) is 0 Å². The van der Waals surface area contributed by atoms with E-state index in [4.69, 9.17) is 0 Å². The summed E-state index contributed by atoms with van der Waals surface area (Å²) in [7, 11) is 1.73. The standard InChI is InChI=1S/C25H27F3N6O/c1-29-23-32-21(16-8-3-2-4-9-16)33-24(34-23)31-19-12-7-11-17(14-19)22(35)30-15-18-10-5-6-13-20(18)25(26,27)28/h2-6,8-10,13,17,19H,7,11-12,14-15H2,1H3,(H,30,35)(H2,29,31,32,33,34)/t17-,19?/m0/s1. The molecule has 1 heterocycles. The topological polar surface area (TPSA) is 91.8 Å². The number of hydrogen-bond acceptors (Lipinski definition) is 6. The molecule has 1 aliphatic carbocycles. The summed E-state index contributed by atoms with van der Waals surface area (Å²) in [5.41, 5.74) is 0.180. The van der Waals surface area contributed by atoms with Gasteiger partial charge in [-0.3, -0.25) is 4.79 Å². The van der Waals surface area contributed by atoms with Crippen LogP contribution in [0.15, 0.2) is 54.6 Å². The molecule has 3 N–H and O–H groups in total. The molecule has 1 fully saturated rings. The van der Waals surface area contributed by atoms with Crippen molar-refractivity contribution in [3.05, 3.63) is 65.7 Å². The highest BCUT2D eigenvalue weighted by Gasteiger charge is 2.33. The van der Waals surface area contributed by atoms with E-state index >= 15 is 0 Å². The van der Waals surface area contributed by atoms with E-state index in [0.717, 1.165) is 24.5 Å². The van der Waals surface area contributed by atoms with Crippen LogP contribution in [0.5, 0.6) is 0 Å². The number of carbonyl (C=O) groups is 1. The highest BCUT2D eigenvalue weighted by Crippen LogP contribution is 2.32. The summed E-state index contributed by atoms with van der Waals surface area (Å²) in [5.74, 6) is 0.813. The number of hydrogen-bond donors (Lipinski definition) is 3. The Kier molecular flexibility index (Phi) is 7.48. The minimum absolute atomic E-state index is 0.0438. The van der Waals surface area contributed by atoms with Crippen LogP contribution in [0.2, 0.25) is 0 Å². The summed E-state index contributed by atoms with van der Waals surface area (Å²) in [4.78, 5) is 26.2.